The van der Waals surface area contributed by atoms with E-state index in [0.717, 1.165) is 25.7 Å². The normalized spacial score (nSPS) is 17.7. The SMILES string of the molecule is CCCCC(CC)CP(=O)(O)OCC. The standard InChI is InChI=1S/C10H23O3P/c1-4-7-8-10(5-2)9-14(11,12)13-6-3/h10H,4-9H2,1-3H3,(H,11,12). The summed E-state index contributed by atoms with van der Waals surface area (Å²) < 4.78 is 16.3. The summed E-state index contributed by atoms with van der Waals surface area (Å²) in [6.45, 7) is 6.26. The van der Waals surface area contributed by atoms with Gasteiger partial charge >= 0.3 is 7.60 Å². The van der Waals surface area contributed by atoms with Gasteiger partial charge in [-0.1, -0.05) is 33.1 Å². The molecular formula is C10H23O3P. The van der Waals surface area contributed by atoms with Gasteiger partial charge in [0.2, 0.25) is 0 Å². The van der Waals surface area contributed by atoms with Crippen LogP contribution in [0, 0.1) is 5.92 Å². The van der Waals surface area contributed by atoms with Crippen LogP contribution in [0.5, 0.6) is 0 Å². The first kappa shape index (κ1) is 14.2. The van der Waals surface area contributed by atoms with Crippen molar-refractivity contribution in [2.24, 2.45) is 5.92 Å². The molecule has 0 fully saturated rings. The van der Waals surface area contributed by atoms with Crippen molar-refractivity contribution in [3.05, 3.63) is 0 Å². The molecule has 0 aliphatic carbocycles. The molecule has 0 aromatic carbocycles. The lowest BCUT2D eigenvalue weighted by Crippen LogP contribution is -2.07. The smallest absolute Gasteiger partial charge is 0.324 e. The summed E-state index contributed by atoms with van der Waals surface area (Å²) in [6, 6.07) is 0. The fourth-order valence-electron chi connectivity index (χ4n) is 1.50. The molecule has 0 bridgehead atoms. The fraction of sp³-hybridized carbons (Fsp3) is 1.00. The van der Waals surface area contributed by atoms with E-state index in [1.54, 1.807) is 6.92 Å². The first-order valence-corrected chi connectivity index (χ1v) is 7.28. The summed E-state index contributed by atoms with van der Waals surface area (Å²) in [5.74, 6) is 0.331. The molecule has 3 nitrogen and oxygen atoms in total. The lowest BCUT2D eigenvalue weighted by Gasteiger charge is -2.18. The van der Waals surface area contributed by atoms with E-state index in [0.29, 0.717) is 18.7 Å². The highest BCUT2D eigenvalue weighted by Gasteiger charge is 2.23. The molecule has 0 aliphatic heterocycles. The van der Waals surface area contributed by atoms with Gasteiger partial charge in [-0.2, -0.15) is 0 Å². The molecule has 0 heterocycles. The molecule has 0 rings (SSSR count). The maximum absolute atomic E-state index is 11.5. The zero-order valence-corrected chi connectivity index (χ0v) is 10.4. The first-order chi connectivity index (χ1) is 6.55. The zero-order valence-electron chi connectivity index (χ0n) is 9.53. The highest BCUT2D eigenvalue weighted by molar-refractivity contribution is 7.52. The number of hydrogen-bond donors (Lipinski definition) is 1. The molecule has 0 aromatic heterocycles. The van der Waals surface area contributed by atoms with Crippen LogP contribution in [0.1, 0.15) is 46.5 Å². The van der Waals surface area contributed by atoms with Crippen LogP contribution in [0.25, 0.3) is 0 Å². The van der Waals surface area contributed by atoms with Crippen molar-refractivity contribution in [2.75, 3.05) is 12.8 Å². The minimum atomic E-state index is -3.31. The first-order valence-electron chi connectivity index (χ1n) is 5.52. The predicted molar refractivity (Wildman–Crippen MR) is 59.6 cm³/mol. The Morgan fingerprint density at radius 1 is 1.36 bits per heavy atom. The topological polar surface area (TPSA) is 46.5 Å². The molecule has 2 unspecified atom stereocenters. The number of hydrogen-bond acceptors (Lipinski definition) is 2. The van der Waals surface area contributed by atoms with E-state index in [-0.39, 0.29) is 0 Å². The maximum atomic E-state index is 11.5. The Labute approximate surface area is 87.4 Å². The second kappa shape index (κ2) is 7.44. The van der Waals surface area contributed by atoms with Gasteiger partial charge in [0.15, 0.2) is 0 Å². The van der Waals surface area contributed by atoms with Crippen molar-refractivity contribution < 1.29 is 14.0 Å². The van der Waals surface area contributed by atoms with Gasteiger partial charge in [0.25, 0.3) is 0 Å². The molecule has 0 spiro atoms. The van der Waals surface area contributed by atoms with Gasteiger partial charge in [0.05, 0.1) is 12.8 Å². The van der Waals surface area contributed by atoms with Gasteiger partial charge in [0.1, 0.15) is 0 Å². The van der Waals surface area contributed by atoms with Crippen LogP contribution in [-0.2, 0) is 9.09 Å². The third kappa shape index (κ3) is 6.58. The molecule has 14 heavy (non-hydrogen) atoms. The summed E-state index contributed by atoms with van der Waals surface area (Å²) in [6.07, 6.45) is 4.57. The Morgan fingerprint density at radius 2 is 2.00 bits per heavy atom. The number of rotatable bonds is 8. The van der Waals surface area contributed by atoms with Crippen LogP contribution < -0.4 is 0 Å². The van der Waals surface area contributed by atoms with E-state index >= 15 is 0 Å². The Morgan fingerprint density at radius 3 is 2.43 bits per heavy atom. The van der Waals surface area contributed by atoms with Crippen molar-refractivity contribution in [1.29, 1.82) is 0 Å². The fourth-order valence-corrected chi connectivity index (χ4v) is 3.10. The van der Waals surface area contributed by atoms with Gasteiger partial charge in [-0.3, -0.25) is 4.57 Å². The van der Waals surface area contributed by atoms with Gasteiger partial charge < -0.3 is 9.42 Å². The van der Waals surface area contributed by atoms with E-state index in [1.165, 1.54) is 0 Å². The highest BCUT2D eigenvalue weighted by atomic mass is 31.2. The Balaban J connectivity index is 3.96. The van der Waals surface area contributed by atoms with Gasteiger partial charge in [0, 0.05) is 0 Å². The zero-order chi connectivity index (χ0) is 11.0. The molecule has 0 radical (unpaired) electrons. The van der Waals surface area contributed by atoms with Crippen LogP contribution >= 0.6 is 7.60 Å². The van der Waals surface area contributed by atoms with Crippen molar-refractivity contribution in [2.45, 2.75) is 46.5 Å². The summed E-state index contributed by atoms with van der Waals surface area (Å²) in [7, 11) is -3.31. The molecule has 4 heteroatoms. The lowest BCUT2D eigenvalue weighted by atomic mass is 10.0. The predicted octanol–water partition coefficient (Wildman–Crippen LogP) is 3.42. The van der Waals surface area contributed by atoms with Crippen LogP contribution in [0.3, 0.4) is 0 Å². The van der Waals surface area contributed by atoms with E-state index in [1.807, 2.05) is 0 Å². The summed E-state index contributed by atoms with van der Waals surface area (Å²) in [5.41, 5.74) is 0. The number of unbranched alkanes of at least 4 members (excludes halogenated alkanes) is 1. The van der Waals surface area contributed by atoms with Crippen LogP contribution in [-0.4, -0.2) is 17.7 Å². The van der Waals surface area contributed by atoms with Crippen LogP contribution in [0.15, 0.2) is 0 Å². The minimum absolute atomic E-state index is 0.317. The summed E-state index contributed by atoms with van der Waals surface area (Å²) in [4.78, 5) is 9.45. The average molecular weight is 222 g/mol. The van der Waals surface area contributed by atoms with E-state index in [2.05, 4.69) is 13.8 Å². The molecule has 0 aromatic rings. The quantitative estimate of drug-likeness (QED) is 0.640. The summed E-state index contributed by atoms with van der Waals surface area (Å²) >= 11 is 0. The molecule has 86 valence electrons. The maximum Gasteiger partial charge on any atom is 0.328 e. The summed E-state index contributed by atoms with van der Waals surface area (Å²) in [5, 5.41) is 0. The van der Waals surface area contributed by atoms with E-state index in [9.17, 15) is 9.46 Å². The molecule has 1 N–H and O–H groups in total. The molecule has 0 saturated heterocycles. The molecule has 2 atom stereocenters. The van der Waals surface area contributed by atoms with Crippen LogP contribution in [0.2, 0.25) is 0 Å². The molecule has 0 aliphatic rings. The van der Waals surface area contributed by atoms with Gasteiger partial charge in [-0.15, -0.1) is 0 Å². The monoisotopic (exact) mass is 222 g/mol. The van der Waals surface area contributed by atoms with Crippen molar-refractivity contribution in [3.63, 3.8) is 0 Å². The second-order valence-electron chi connectivity index (χ2n) is 3.65. The van der Waals surface area contributed by atoms with E-state index < -0.39 is 7.60 Å². The van der Waals surface area contributed by atoms with Crippen molar-refractivity contribution in [1.82, 2.24) is 0 Å². The molecule has 0 saturated carbocycles. The van der Waals surface area contributed by atoms with Crippen molar-refractivity contribution >= 4 is 7.60 Å². The van der Waals surface area contributed by atoms with E-state index in [4.69, 9.17) is 4.52 Å². The Kier molecular flexibility index (Phi) is 7.52. The van der Waals surface area contributed by atoms with Crippen molar-refractivity contribution in [3.8, 4) is 0 Å². The largest absolute Gasteiger partial charge is 0.328 e. The molecule has 0 amide bonds. The Bertz CT molecular complexity index is 182. The lowest BCUT2D eigenvalue weighted by molar-refractivity contribution is 0.266. The average Bonchev–Trinajstić information content (AvgIpc) is 2.12. The second-order valence-corrected chi connectivity index (χ2v) is 5.55. The highest BCUT2D eigenvalue weighted by Crippen LogP contribution is 2.44. The minimum Gasteiger partial charge on any atom is -0.324 e. The van der Waals surface area contributed by atoms with Crippen LogP contribution in [0.4, 0.5) is 0 Å². The van der Waals surface area contributed by atoms with Gasteiger partial charge in [-0.05, 0) is 19.3 Å². The van der Waals surface area contributed by atoms with Gasteiger partial charge in [-0.25, -0.2) is 0 Å². The Hall–Kier alpha value is 0.150. The third-order valence-electron chi connectivity index (χ3n) is 2.36. The molecular weight excluding hydrogens is 199 g/mol. The third-order valence-corrected chi connectivity index (χ3v) is 4.00.